The zero-order valence-corrected chi connectivity index (χ0v) is 25.9. The molecule has 232 valence electrons. The predicted molar refractivity (Wildman–Crippen MR) is 174 cm³/mol. The standard InChI is InChI=1S/C33H41N7O4/c1-33(2)22-28(40-16-18-43-19-17-40)31(44-26-7-5-6-24(20-26)34-30(41)23-8-9-23)36-32(37-33)35-25-10-11-27(29(21-25)42-4)39-14-12-38(3)13-15-39/h5-11,20-23H,12-19H2,1-4H3,(H,34,41)(H,35,37). The molecule has 0 bridgehead atoms. The molecule has 3 heterocycles. The van der Waals surface area contributed by atoms with E-state index in [1.54, 1.807) is 7.11 Å². The fourth-order valence-corrected chi connectivity index (χ4v) is 5.44. The zero-order chi connectivity index (χ0) is 30.7. The molecule has 4 aliphatic rings. The number of methoxy groups -OCH3 is 1. The van der Waals surface area contributed by atoms with E-state index >= 15 is 0 Å². The van der Waals surface area contributed by atoms with Gasteiger partial charge < -0.3 is 39.5 Å². The third-order valence-electron chi connectivity index (χ3n) is 7.95. The van der Waals surface area contributed by atoms with Crippen molar-refractivity contribution >= 4 is 34.8 Å². The molecular weight excluding hydrogens is 558 g/mol. The van der Waals surface area contributed by atoms with Gasteiger partial charge in [0.15, 0.2) is 0 Å². The minimum absolute atomic E-state index is 0.0581. The number of hydrogen-bond acceptors (Lipinski definition) is 10. The summed E-state index contributed by atoms with van der Waals surface area (Å²) in [6, 6.07) is 13.5. The predicted octanol–water partition coefficient (Wildman–Crippen LogP) is 3.83. The van der Waals surface area contributed by atoms with Gasteiger partial charge in [0.25, 0.3) is 0 Å². The lowest BCUT2D eigenvalue weighted by Crippen LogP contribution is -2.44. The van der Waals surface area contributed by atoms with E-state index in [-0.39, 0.29) is 11.8 Å². The van der Waals surface area contributed by atoms with Gasteiger partial charge in [-0.25, -0.2) is 4.99 Å². The zero-order valence-electron chi connectivity index (χ0n) is 25.9. The van der Waals surface area contributed by atoms with E-state index in [0.717, 1.165) is 49.0 Å². The van der Waals surface area contributed by atoms with Crippen LogP contribution in [0.25, 0.3) is 0 Å². The molecule has 1 aliphatic carbocycles. The topological polar surface area (TPSA) is 103 Å². The third kappa shape index (κ3) is 7.23. The molecule has 2 aromatic carbocycles. The Morgan fingerprint density at radius 1 is 0.977 bits per heavy atom. The number of benzene rings is 2. The van der Waals surface area contributed by atoms with Gasteiger partial charge in [0.05, 0.1) is 43.2 Å². The number of likely N-dealkylation sites (N-methyl/N-ethyl adjacent to an activating group) is 1. The van der Waals surface area contributed by atoms with Gasteiger partial charge in [-0.2, -0.15) is 4.99 Å². The van der Waals surface area contributed by atoms with Gasteiger partial charge in [-0.15, -0.1) is 0 Å². The Kier molecular flexibility index (Phi) is 8.58. The third-order valence-corrected chi connectivity index (χ3v) is 7.95. The Balaban J connectivity index is 1.28. The Hall–Kier alpha value is -4.35. The number of anilines is 3. The van der Waals surface area contributed by atoms with E-state index in [4.69, 9.17) is 24.2 Å². The molecule has 2 N–H and O–H groups in total. The molecule has 2 aromatic rings. The minimum atomic E-state index is -0.582. The minimum Gasteiger partial charge on any atom is -0.495 e. The van der Waals surface area contributed by atoms with E-state index in [9.17, 15) is 4.79 Å². The molecule has 0 unspecified atom stereocenters. The molecule has 0 aromatic heterocycles. The summed E-state index contributed by atoms with van der Waals surface area (Å²) in [4.78, 5) is 29.2. The van der Waals surface area contributed by atoms with Gasteiger partial charge in [0.1, 0.15) is 11.5 Å². The van der Waals surface area contributed by atoms with Gasteiger partial charge >= 0.3 is 0 Å². The first-order valence-corrected chi connectivity index (χ1v) is 15.2. The number of aliphatic imine (C=N–C) groups is 2. The summed E-state index contributed by atoms with van der Waals surface area (Å²) in [5, 5.41) is 6.37. The number of amides is 1. The monoisotopic (exact) mass is 599 g/mol. The number of carbonyl (C=O) groups is 1. The summed E-state index contributed by atoms with van der Waals surface area (Å²) in [5.74, 6) is 1.99. The second-order valence-corrected chi connectivity index (χ2v) is 12.0. The van der Waals surface area contributed by atoms with Gasteiger partial charge in [-0.1, -0.05) is 18.2 Å². The van der Waals surface area contributed by atoms with Crippen molar-refractivity contribution in [2.45, 2.75) is 19.4 Å². The Bertz CT molecular complexity index is 1500. The van der Waals surface area contributed by atoms with Crippen molar-refractivity contribution in [3.8, 4) is 11.5 Å². The van der Waals surface area contributed by atoms with Crippen molar-refractivity contribution in [3.05, 3.63) is 66.4 Å². The summed E-state index contributed by atoms with van der Waals surface area (Å²) in [5.41, 5.74) is 2.81. The van der Waals surface area contributed by atoms with Crippen molar-refractivity contribution in [3.63, 3.8) is 0 Å². The lowest BCUT2D eigenvalue weighted by Gasteiger charge is -2.34. The summed E-state index contributed by atoms with van der Waals surface area (Å²) in [6.45, 7) is 10.7. The van der Waals surface area contributed by atoms with E-state index in [1.807, 2.05) is 62.4 Å². The van der Waals surface area contributed by atoms with Crippen LogP contribution in [0.4, 0.5) is 17.1 Å². The van der Waals surface area contributed by atoms with Crippen LogP contribution < -0.4 is 25.0 Å². The number of hydrogen-bond donors (Lipinski definition) is 2. The quantitative estimate of drug-likeness (QED) is 0.463. The Morgan fingerprint density at radius 2 is 1.75 bits per heavy atom. The Morgan fingerprint density at radius 3 is 2.48 bits per heavy atom. The lowest BCUT2D eigenvalue weighted by atomic mass is 10.0. The molecule has 11 nitrogen and oxygen atoms in total. The first kappa shape index (κ1) is 29.7. The van der Waals surface area contributed by atoms with E-state index in [2.05, 4.69) is 44.5 Å². The number of nitrogens with zero attached hydrogens (tertiary/aromatic N) is 5. The molecule has 0 atom stereocenters. The second kappa shape index (κ2) is 12.7. The number of morpholine rings is 1. The largest absolute Gasteiger partial charge is 0.495 e. The van der Waals surface area contributed by atoms with Crippen molar-refractivity contribution in [2.24, 2.45) is 15.9 Å². The highest BCUT2D eigenvalue weighted by Gasteiger charge is 2.29. The number of rotatable bonds is 7. The average Bonchev–Trinajstić information content (AvgIpc) is 3.87. The molecule has 11 heteroatoms. The molecule has 0 spiro atoms. The molecule has 44 heavy (non-hydrogen) atoms. The SMILES string of the molecule is COc1cc(NC2=NC(C)(C)C=C(N3CCOCC3)C(Oc3cccc(NC(=O)C4C=C4)c3)=N2)ccc1N1CCN(C)CC1. The van der Waals surface area contributed by atoms with E-state index < -0.39 is 5.54 Å². The summed E-state index contributed by atoms with van der Waals surface area (Å²) < 4.78 is 17.9. The average molecular weight is 600 g/mol. The molecule has 0 saturated carbocycles. The van der Waals surface area contributed by atoms with Crippen molar-refractivity contribution in [1.29, 1.82) is 0 Å². The number of piperazine rings is 1. The number of carbonyl (C=O) groups excluding carboxylic acids is 1. The molecule has 0 radical (unpaired) electrons. The highest BCUT2D eigenvalue weighted by molar-refractivity contribution is 6.08. The second-order valence-electron chi connectivity index (χ2n) is 12.0. The van der Waals surface area contributed by atoms with Gasteiger partial charge in [-0.3, -0.25) is 4.79 Å². The maximum atomic E-state index is 12.3. The molecule has 1 amide bonds. The lowest BCUT2D eigenvalue weighted by molar-refractivity contribution is -0.116. The van der Waals surface area contributed by atoms with Crippen LogP contribution in [0.5, 0.6) is 11.5 Å². The highest BCUT2D eigenvalue weighted by atomic mass is 16.5. The van der Waals surface area contributed by atoms with Crippen LogP contribution in [0.1, 0.15) is 13.8 Å². The van der Waals surface area contributed by atoms with Crippen LogP contribution in [-0.4, -0.2) is 99.7 Å². The van der Waals surface area contributed by atoms with Crippen LogP contribution >= 0.6 is 0 Å². The summed E-state index contributed by atoms with van der Waals surface area (Å²) >= 11 is 0. The molecule has 3 aliphatic heterocycles. The molecular formula is C33H41N7O4. The Labute approximate surface area is 258 Å². The number of nitrogens with one attached hydrogen (secondary N) is 2. The first-order valence-electron chi connectivity index (χ1n) is 15.2. The van der Waals surface area contributed by atoms with Gasteiger partial charge in [0.2, 0.25) is 17.8 Å². The normalized spacial score (nSPS) is 20.2. The molecule has 2 fully saturated rings. The van der Waals surface area contributed by atoms with Crippen LogP contribution in [0.15, 0.2) is 76.4 Å². The molecule has 6 rings (SSSR count). The molecule has 2 saturated heterocycles. The smallest absolute Gasteiger partial charge is 0.246 e. The fourth-order valence-electron chi connectivity index (χ4n) is 5.44. The summed E-state index contributed by atoms with van der Waals surface area (Å²) in [7, 11) is 3.85. The van der Waals surface area contributed by atoms with Gasteiger partial charge in [-0.05, 0) is 51.2 Å². The summed E-state index contributed by atoms with van der Waals surface area (Å²) in [6.07, 6.45) is 5.81. The van der Waals surface area contributed by atoms with Crippen molar-refractivity contribution in [1.82, 2.24) is 9.80 Å². The van der Waals surface area contributed by atoms with Crippen molar-refractivity contribution in [2.75, 3.05) is 82.2 Å². The maximum absolute atomic E-state index is 12.3. The fraction of sp³-hybridized carbons (Fsp3) is 0.424. The van der Waals surface area contributed by atoms with Crippen LogP contribution in [0.2, 0.25) is 0 Å². The van der Waals surface area contributed by atoms with E-state index in [0.29, 0.717) is 49.6 Å². The maximum Gasteiger partial charge on any atom is 0.246 e. The first-order chi connectivity index (χ1) is 21.3. The van der Waals surface area contributed by atoms with E-state index in [1.165, 1.54) is 0 Å². The highest BCUT2D eigenvalue weighted by Crippen LogP contribution is 2.33. The van der Waals surface area contributed by atoms with Crippen LogP contribution in [0, 0.1) is 5.92 Å². The van der Waals surface area contributed by atoms with Crippen LogP contribution in [0.3, 0.4) is 0 Å². The van der Waals surface area contributed by atoms with Gasteiger partial charge in [0, 0.05) is 62.8 Å². The number of guanidine groups is 1. The van der Waals surface area contributed by atoms with Crippen molar-refractivity contribution < 1.29 is 19.0 Å². The number of ether oxygens (including phenoxy) is 3. The van der Waals surface area contributed by atoms with Crippen LogP contribution in [-0.2, 0) is 9.53 Å².